The highest BCUT2D eigenvalue weighted by molar-refractivity contribution is 5.69. The molecular weight excluding hydrogens is 164 g/mol. The van der Waals surface area contributed by atoms with E-state index in [4.69, 9.17) is 4.74 Å². The van der Waals surface area contributed by atoms with Crippen LogP contribution < -0.4 is 0 Å². The summed E-state index contributed by atoms with van der Waals surface area (Å²) < 4.78 is 4.96. The van der Waals surface area contributed by atoms with E-state index in [2.05, 4.69) is 6.92 Å². The first-order valence-electron chi connectivity index (χ1n) is 5.46. The number of esters is 1. The minimum atomic E-state index is -0.0293. The minimum absolute atomic E-state index is 0.0293. The molecule has 0 saturated heterocycles. The Balaban J connectivity index is 3.08. The van der Waals surface area contributed by atoms with E-state index in [-0.39, 0.29) is 5.97 Å². The van der Waals surface area contributed by atoms with Crippen molar-refractivity contribution < 1.29 is 9.53 Å². The zero-order valence-corrected chi connectivity index (χ0v) is 8.97. The van der Waals surface area contributed by atoms with Gasteiger partial charge in [-0.1, -0.05) is 39.5 Å². The molecule has 0 heterocycles. The van der Waals surface area contributed by atoms with Crippen LogP contribution in [0.25, 0.3) is 0 Å². The molecule has 0 radical (unpaired) electrons. The summed E-state index contributed by atoms with van der Waals surface area (Å²) in [6.45, 7) is 4.78. The van der Waals surface area contributed by atoms with Crippen LogP contribution in [0.1, 0.15) is 58.8 Å². The highest BCUT2D eigenvalue weighted by Crippen LogP contribution is 2.05. The number of hydrogen-bond donors (Lipinski definition) is 0. The quantitative estimate of drug-likeness (QED) is 0.429. The van der Waals surface area contributed by atoms with Gasteiger partial charge in [0.15, 0.2) is 0 Å². The molecule has 2 heteroatoms. The fraction of sp³-hybridized carbons (Fsp3) is 0.909. The molecule has 13 heavy (non-hydrogen) atoms. The molecule has 78 valence electrons. The van der Waals surface area contributed by atoms with E-state index in [0.29, 0.717) is 13.0 Å². The molecule has 0 aliphatic heterocycles. The predicted octanol–water partition coefficient (Wildman–Crippen LogP) is 3.30. The van der Waals surface area contributed by atoms with Gasteiger partial charge in [0.2, 0.25) is 0 Å². The number of carbonyl (C=O) groups excluding carboxylic acids is 1. The summed E-state index contributed by atoms with van der Waals surface area (Å²) >= 11 is 0. The molecule has 0 saturated carbocycles. The van der Waals surface area contributed by atoms with Crippen molar-refractivity contribution >= 4 is 5.97 Å². The second-order valence-electron chi connectivity index (χ2n) is 3.38. The fourth-order valence-electron chi connectivity index (χ4n) is 1.16. The molecule has 0 unspecified atom stereocenters. The lowest BCUT2D eigenvalue weighted by atomic mass is 10.1. The first-order valence-corrected chi connectivity index (χ1v) is 5.46. The van der Waals surface area contributed by atoms with Crippen LogP contribution in [0.3, 0.4) is 0 Å². The standard InChI is InChI=1S/C11H22O2/c1-3-5-6-7-8-9-11(12)13-10-4-2/h3-10H2,1-2H3. The van der Waals surface area contributed by atoms with Gasteiger partial charge in [-0.2, -0.15) is 0 Å². The molecule has 0 bridgehead atoms. The monoisotopic (exact) mass is 186 g/mol. The van der Waals surface area contributed by atoms with E-state index in [1.165, 1.54) is 19.3 Å². The van der Waals surface area contributed by atoms with Crippen molar-refractivity contribution in [1.82, 2.24) is 0 Å². The van der Waals surface area contributed by atoms with Crippen molar-refractivity contribution in [1.29, 1.82) is 0 Å². The molecule has 0 spiro atoms. The van der Waals surface area contributed by atoms with Gasteiger partial charge >= 0.3 is 5.97 Å². The lowest BCUT2D eigenvalue weighted by Gasteiger charge is -2.02. The number of unbranched alkanes of at least 4 members (excludes halogenated alkanes) is 4. The minimum Gasteiger partial charge on any atom is -0.466 e. The van der Waals surface area contributed by atoms with Crippen LogP contribution in [0.4, 0.5) is 0 Å². The third-order valence-electron chi connectivity index (χ3n) is 1.95. The average molecular weight is 186 g/mol. The summed E-state index contributed by atoms with van der Waals surface area (Å²) in [5.41, 5.74) is 0. The van der Waals surface area contributed by atoms with Gasteiger partial charge in [0.1, 0.15) is 0 Å². The van der Waals surface area contributed by atoms with Crippen LogP contribution in [0.15, 0.2) is 0 Å². The zero-order chi connectivity index (χ0) is 9.94. The molecule has 0 aliphatic carbocycles. The molecule has 0 aromatic heterocycles. The average Bonchev–Trinajstić information content (AvgIpc) is 2.14. The molecule has 0 rings (SSSR count). The molecule has 0 aromatic rings. The van der Waals surface area contributed by atoms with Crippen molar-refractivity contribution in [3.63, 3.8) is 0 Å². The number of rotatable bonds is 8. The van der Waals surface area contributed by atoms with Crippen LogP contribution in [0, 0.1) is 0 Å². The van der Waals surface area contributed by atoms with Crippen LogP contribution in [-0.2, 0) is 9.53 Å². The molecular formula is C11H22O2. The fourth-order valence-corrected chi connectivity index (χ4v) is 1.16. The zero-order valence-electron chi connectivity index (χ0n) is 8.97. The summed E-state index contributed by atoms with van der Waals surface area (Å²) in [5, 5.41) is 0. The largest absolute Gasteiger partial charge is 0.466 e. The van der Waals surface area contributed by atoms with Gasteiger partial charge in [-0.3, -0.25) is 4.79 Å². The Morgan fingerprint density at radius 2 is 1.69 bits per heavy atom. The number of ether oxygens (including phenoxy) is 1. The van der Waals surface area contributed by atoms with Gasteiger partial charge in [0.25, 0.3) is 0 Å². The Kier molecular flexibility index (Phi) is 9.17. The van der Waals surface area contributed by atoms with E-state index < -0.39 is 0 Å². The summed E-state index contributed by atoms with van der Waals surface area (Å²) in [6.07, 6.45) is 7.45. The maximum atomic E-state index is 11.0. The molecule has 2 nitrogen and oxygen atoms in total. The van der Waals surface area contributed by atoms with E-state index in [1.807, 2.05) is 6.92 Å². The van der Waals surface area contributed by atoms with Gasteiger partial charge < -0.3 is 4.74 Å². The van der Waals surface area contributed by atoms with E-state index in [0.717, 1.165) is 19.3 Å². The Hall–Kier alpha value is -0.530. The summed E-state index contributed by atoms with van der Waals surface area (Å²) in [4.78, 5) is 11.0. The third-order valence-corrected chi connectivity index (χ3v) is 1.95. The first-order chi connectivity index (χ1) is 6.31. The Morgan fingerprint density at radius 3 is 2.31 bits per heavy atom. The van der Waals surface area contributed by atoms with Gasteiger partial charge in [0.05, 0.1) is 6.61 Å². The molecule has 0 aliphatic rings. The predicted molar refractivity (Wildman–Crippen MR) is 54.6 cm³/mol. The van der Waals surface area contributed by atoms with Crippen molar-refractivity contribution in [2.45, 2.75) is 58.8 Å². The first kappa shape index (κ1) is 12.5. The van der Waals surface area contributed by atoms with Crippen molar-refractivity contribution in [2.75, 3.05) is 6.61 Å². The number of hydrogen-bond acceptors (Lipinski definition) is 2. The SMILES string of the molecule is CCCCCCCC(=O)OCCC. The highest BCUT2D eigenvalue weighted by atomic mass is 16.5. The van der Waals surface area contributed by atoms with Gasteiger partial charge in [-0.25, -0.2) is 0 Å². The lowest BCUT2D eigenvalue weighted by molar-refractivity contribution is -0.143. The van der Waals surface area contributed by atoms with Crippen molar-refractivity contribution in [3.8, 4) is 0 Å². The molecule has 0 aromatic carbocycles. The maximum absolute atomic E-state index is 11.0. The molecule has 0 fully saturated rings. The topological polar surface area (TPSA) is 26.3 Å². The van der Waals surface area contributed by atoms with E-state index in [1.54, 1.807) is 0 Å². The van der Waals surface area contributed by atoms with Gasteiger partial charge in [-0.15, -0.1) is 0 Å². The molecule has 0 N–H and O–H groups in total. The summed E-state index contributed by atoms with van der Waals surface area (Å²) in [5.74, 6) is -0.0293. The van der Waals surface area contributed by atoms with Crippen LogP contribution in [0.2, 0.25) is 0 Å². The second-order valence-corrected chi connectivity index (χ2v) is 3.38. The summed E-state index contributed by atoms with van der Waals surface area (Å²) in [6, 6.07) is 0. The summed E-state index contributed by atoms with van der Waals surface area (Å²) in [7, 11) is 0. The Morgan fingerprint density at radius 1 is 1.00 bits per heavy atom. The normalized spacial score (nSPS) is 10.0. The lowest BCUT2D eigenvalue weighted by Crippen LogP contribution is -2.04. The Labute approximate surface area is 81.7 Å². The van der Waals surface area contributed by atoms with Crippen molar-refractivity contribution in [3.05, 3.63) is 0 Å². The smallest absolute Gasteiger partial charge is 0.305 e. The van der Waals surface area contributed by atoms with Crippen LogP contribution in [0.5, 0.6) is 0 Å². The molecule has 0 amide bonds. The van der Waals surface area contributed by atoms with Crippen molar-refractivity contribution in [2.24, 2.45) is 0 Å². The van der Waals surface area contributed by atoms with Gasteiger partial charge in [0, 0.05) is 6.42 Å². The van der Waals surface area contributed by atoms with E-state index >= 15 is 0 Å². The van der Waals surface area contributed by atoms with Crippen LogP contribution in [-0.4, -0.2) is 12.6 Å². The maximum Gasteiger partial charge on any atom is 0.305 e. The van der Waals surface area contributed by atoms with Crippen LogP contribution >= 0.6 is 0 Å². The van der Waals surface area contributed by atoms with Gasteiger partial charge in [-0.05, 0) is 12.8 Å². The third kappa shape index (κ3) is 9.38. The highest BCUT2D eigenvalue weighted by Gasteiger charge is 2.00. The van der Waals surface area contributed by atoms with E-state index in [9.17, 15) is 4.79 Å². The second kappa shape index (κ2) is 9.56. The molecule has 0 atom stereocenters. The number of carbonyl (C=O) groups is 1. The Bertz CT molecular complexity index is 121.